The fourth-order valence-electron chi connectivity index (χ4n) is 4.36. The van der Waals surface area contributed by atoms with Crippen LogP contribution >= 0.6 is 0 Å². The molecule has 0 bridgehead atoms. The van der Waals surface area contributed by atoms with Gasteiger partial charge in [0.1, 0.15) is 17.4 Å². The predicted octanol–water partition coefficient (Wildman–Crippen LogP) is 4.27. The van der Waals surface area contributed by atoms with Crippen LogP contribution < -0.4 is 35.3 Å². The van der Waals surface area contributed by atoms with Gasteiger partial charge in [-0.2, -0.15) is 0 Å². The van der Waals surface area contributed by atoms with E-state index >= 15 is 0 Å². The molecule has 2 amide bonds. The number of aryl methyl sites for hydroxylation is 1. The van der Waals surface area contributed by atoms with Crippen molar-refractivity contribution in [1.82, 2.24) is 0 Å². The van der Waals surface area contributed by atoms with E-state index in [0.717, 1.165) is 5.56 Å². The number of hydrogen-bond donors (Lipinski definition) is 3. The number of methoxy groups -OCH3 is 3. The molecule has 0 aromatic heterocycles. The average molecular weight is 534 g/mol. The second-order valence-electron chi connectivity index (χ2n) is 9.14. The fraction of sp³-hybridized carbons (Fsp3) is 0.276. The number of benzene rings is 3. The van der Waals surface area contributed by atoms with Crippen molar-refractivity contribution in [2.45, 2.75) is 32.4 Å². The third kappa shape index (κ3) is 5.65. The van der Waals surface area contributed by atoms with Crippen molar-refractivity contribution < 1.29 is 33.3 Å². The van der Waals surface area contributed by atoms with E-state index in [9.17, 15) is 14.4 Å². The first kappa shape index (κ1) is 27.5. The van der Waals surface area contributed by atoms with Crippen molar-refractivity contribution in [3.8, 4) is 23.0 Å². The zero-order valence-electron chi connectivity index (χ0n) is 22.4. The van der Waals surface area contributed by atoms with Gasteiger partial charge < -0.3 is 35.3 Å². The predicted molar refractivity (Wildman–Crippen MR) is 146 cm³/mol. The Labute approximate surface area is 226 Å². The second kappa shape index (κ2) is 11.4. The van der Waals surface area contributed by atoms with Crippen LogP contribution in [0.3, 0.4) is 0 Å². The summed E-state index contributed by atoms with van der Waals surface area (Å²) >= 11 is 0. The van der Waals surface area contributed by atoms with Crippen LogP contribution in [0.1, 0.15) is 51.3 Å². The number of nitrogens with one attached hydrogen (secondary N) is 2. The molecule has 0 spiro atoms. The lowest BCUT2D eigenvalue weighted by Crippen LogP contribution is -2.32. The van der Waals surface area contributed by atoms with Gasteiger partial charge in [-0.05, 0) is 49.2 Å². The number of fused-ring (bicyclic) bond motifs is 1. The van der Waals surface area contributed by atoms with E-state index in [0.29, 0.717) is 45.3 Å². The van der Waals surface area contributed by atoms with E-state index in [4.69, 9.17) is 24.7 Å². The molecular formula is C29H31N3O7. The maximum Gasteiger partial charge on any atom is 0.256 e. The van der Waals surface area contributed by atoms with Gasteiger partial charge in [-0.3, -0.25) is 14.4 Å². The van der Waals surface area contributed by atoms with Crippen molar-refractivity contribution >= 4 is 29.0 Å². The summed E-state index contributed by atoms with van der Waals surface area (Å²) in [6.45, 7) is 3.38. The first-order valence-electron chi connectivity index (χ1n) is 12.3. The van der Waals surface area contributed by atoms with E-state index in [1.54, 1.807) is 56.3 Å². The molecule has 0 saturated heterocycles. The standard InChI is InChI=1S/C29H31N3O7/c1-15-9-10-19(31-28(34)16(2)30)12-20(15)29(35)32-18-8-6-7-17(11-18)22-13-21(33)25-23(39-22)14-24(36-3)26(37-4)27(25)38-5/h6-12,14,16,22H,13,30H2,1-5H3,(H,31,34)(H,32,35)/t16-,22?/m0/s1. The maximum absolute atomic E-state index is 13.2. The van der Waals surface area contributed by atoms with Gasteiger partial charge in [-0.25, -0.2) is 0 Å². The molecule has 1 aliphatic heterocycles. The molecule has 10 nitrogen and oxygen atoms in total. The molecule has 1 aliphatic rings. The summed E-state index contributed by atoms with van der Waals surface area (Å²) in [5.74, 6) is 0.388. The first-order chi connectivity index (χ1) is 18.7. The fourth-order valence-corrected chi connectivity index (χ4v) is 4.36. The van der Waals surface area contributed by atoms with E-state index in [1.165, 1.54) is 21.3 Å². The third-order valence-electron chi connectivity index (χ3n) is 6.39. The van der Waals surface area contributed by atoms with Gasteiger partial charge in [0.15, 0.2) is 17.3 Å². The van der Waals surface area contributed by atoms with E-state index in [1.807, 2.05) is 6.07 Å². The summed E-state index contributed by atoms with van der Waals surface area (Å²) in [7, 11) is 4.41. The smallest absolute Gasteiger partial charge is 0.256 e. The maximum atomic E-state index is 13.2. The quantitative estimate of drug-likeness (QED) is 0.390. The molecule has 0 saturated carbocycles. The Morgan fingerprint density at radius 1 is 0.974 bits per heavy atom. The number of carbonyl (C=O) groups is 3. The Kier molecular flexibility index (Phi) is 8.06. The molecule has 3 aromatic rings. The minimum atomic E-state index is -0.684. The Hall–Kier alpha value is -4.57. The van der Waals surface area contributed by atoms with Crippen LogP contribution in [0.15, 0.2) is 48.5 Å². The van der Waals surface area contributed by atoms with Gasteiger partial charge in [-0.1, -0.05) is 18.2 Å². The lowest BCUT2D eigenvalue weighted by atomic mass is 9.94. The van der Waals surface area contributed by atoms with Gasteiger partial charge in [0.05, 0.1) is 33.8 Å². The Balaban J connectivity index is 1.57. The minimum absolute atomic E-state index is 0.0661. The van der Waals surface area contributed by atoms with Crippen LogP contribution in [0.4, 0.5) is 11.4 Å². The second-order valence-corrected chi connectivity index (χ2v) is 9.14. The molecule has 10 heteroatoms. The molecule has 0 aliphatic carbocycles. The van der Waals surface area contributed by atoms with Crippen molar-refractivity contribution in [2.75, 3.05) is 32.0 Å². The van der Waals surface area contributed by atoms with Gasteiger partial charge in [-0.15, -0.1) is 0 Å². The van der Waals surface area contributed by atoms with Crippen molar-refractivity contribution in [3.05, 3.63) is 70.8 Å². The minimum Gasteiger partial charge on any atom is -0.493 e. The highest BCUT2D eigenvalue weighted by Crippen LogP contribution is 2.49. The number of rotatable bonds is 8. The monoisotopic (exact) mass is 533 g/mol. The van der Waals surface area contributed by atoms with Crippen LogP contribution in [0.25, 0.3) is 0 Å². The van der Waals surface area contributed by atoms with Gasteiger partial charge in [0.25, 0.3) is 5.91 Å². The zero-order valence-corrected chi connectivity index (χ0v) is 22.4. The number of hydrogen-bond acceptors (Lipinski definition) is 8. The molecular weight excluding hydrogens is 502 g/mol. The summed E-state index contributed by atoms with van der Waals surface area (Å²) in [5, 5.41) is 5.59. The lowest BCUT2D eigenvalue weighted by Gasteiger charge is -2.28. The molecule has 1 heterocycles. The number of carbonyl (C=O) groups excluding carboxylic acids is 3. The van der Waals surface area contributed by atoms with Crippen molar-refractivity contribution in [3.63, 3.8) is 0 Å². The highest BCUT2D eigenvalue weighted by molar-refractivity contribution is 6.07. The number of Topliss-reactive ketones (excluding diaryl/α,β-unsaturated/α-hetero) is 1. The zero-order chi connectivity index (χ0) is 28.3. The molecule has 204 valence electrons. The number of ketones is 1. The molecule has 4 N–H and O–H groups in total. The molecule has 3 aromatic carbocycles. The van der Waals surface area contributed by atoms with Crippen molar-refractivity contribution in [1.29, 1.82) is 0 Å². The highest BCUT2D eigenvalue weighted by Gasteiger charge is 2.34. The van der Waals surface area contributed by atoms with Crippen LogP contribution in [-0.4, -0.2) is 45.0 Å². The lowest BCUT2D eigenvalue weighted by molar-refractivity contribution is -0.117. The van der Waals surface area contributed by atoms with E-state index in [2.05, 4.69) is 10.6 Å². The molecule has 39 heavy (non-hydrogen) atoms. The number of nitrogens with two attached hydrogens (primary N) is 1. The Bertz CT molecular complexity index is 1430. The molecule has 1 unspecified atom stereocenters. The van der Waals surface area contributed by atoms with Crippen LogP contribution in [-0.2, 0) is 4.79 Å². The number of anilines is 2. The van der Waals surface area contributed by atoms with Crippen LogP contribution in [0, 0.1) is 6.92 Å². The number of amides is 2. The van der Waals surface area contributed by atoms with Gasteiger partial charge in [0.2, 0.25) is 11.7 Å². The average Bonchev–Trinajstić information content (AvgIpc) is 2.92. The van der Waals surface area contributed by atoms with Gasteiger partial charge in [0, 0.05) is 23.0 Å². The summed E-state index contributed by atoms with van der Waals surface area (Å²) < 4.78 is 22.5. The first-order valence-corrected chi connectivity index (χ1v) is 12.3. The molecule has 0 radical (unpaired) electrons. The topological polar surface area (TPSA) is 138 Å². The molecule has 2 atom stereocenters. The highest BCUT2D eigenvalue weighted by atomic mass is 16.5. The van der Waals surface area contributed by atoms with E-state index in [-0.39, 0.29) is 29.8 Å². The molecule has 4 rings (SSSR count). The Morgan fingerprint density at radius 2 is 1.69 bits per heavy atom. The number of ether oxygens (including phenoxy) is 4. The van der Waals surface area contributed by atoms with Crippen LogP contribution in [0.5, 0.6) is 23.0 Å². The normalized spacial score (nSPS) is 14.9. The summed E-state index contributed by atoms with van der Waals surface area (Å²) in [5.41, 5.74) is 8.75. The largest absolute Gasteiger partial charge is 0.493 e. The van der Waals surface area contributed by atoms with Crippen LogP contribution in [0.2, 0.25) is 0 Å². The third-order valence-corrected chi connectivity index (χ3v) is 6.39. The SMILES string of the molecule is COc1cc2c(c(OC)c1OC)C(=O)CC(c1cccc(NC(=O)c3cc(NC(=O)[C@H](C)N)ccc3C)c1)O2. The molecule has 0 fully saturated rings. The summed E-state index contributed by atoms with van der Waals surface area (Å²) in [6, 6.07) is 13.1. The Morgan fingerprint density at radius 3 is 2.36 bits per heavy atom. The summed E-state index contributed by atoms with van der Waals surface area (Å²) in [4.78, 5) is 38.3. The van der Waals surface area contributed by atoms with Gasteiger partial charge >= 0.3 is 0 Å². The summed E-state index contributed by atoms with van der Waals surface area (Å²) in [6.07, 6.45) is -0.528. The van der Waals surface area contributed by atoms with E-state index < -0.39 is 12.1 Å². The van der Waals surface area contributed by atoms with Crippen molar-refractivity contribution in [2.24, 2.45) is 5.73 Å².